The topological polar surface area (TPSA) is 160 Å². The van der Waals surface area contributed by atoms with Crippen molar-refractivity contribution in [3.05, 3.63) is 58.2 Å². The van der Waals surface area contributed by atoms with Gasteiger partial charge in [-0.2, -0.15) is 13.2 Å². The molecule has 3 amide bonds. The van der Waals surface area contributed by atoms with Gasteiger partial charge in [-0.05, 0) is 77.0 Å². The number of hydrogen-bond acceptors (Lipinski definition) is 12. The van der Waals surface area contributed by atoms with Gasteiger partial charge >= 0.3 is 12.1 Å². The third-order valence-electron chi connectivity index (χ3n) is 13.0. The van der Waals surface area contributed by atoms with Gasteiger partial charge in [0.2, 0.25) is 5.91 Å². The lowest BCUT2D eigenvalue weighted by atomic mass is 9.84. The predicted molar refractivity (Wildman–Crippen MR) is 258 cm³/mol. The number of aromatic nitrogens is 2. The van der Waals surface area contributed by atoms with E-state index in [1.807, 2.05) is 39.1 Å². The smallest absolute Gasteiger partial charge is 0.406 e. The van der Waals surface area contributed by atoms with Gasteiger partial charge in [-0.1, -0.05) is 38.5 Å². The Morgan fingerprint density at radius 2 is 1.93 bits per heavy atom. The maximum atomic E-state index is 14.6. The fourth-order valence-electron chi connectivity index (χ4n) is 9.03. The van der Waals surface area contributed by atoms with Gasteiger partial charge in [0.1, 0.15) is 18.6 Å². The number of halogens is 3. The number of likely N-dealkylation sites (tertiary alicyclic amines) is 2. The zero-order valence-corrected chi connectivity index (χ0v) is 41.3. The summed E-state index contributed by atoms with van der Waals surface area (Å²) in [5.74, 6) is 4.12. The van der Waals surface area contributed by atoms with Crippen molar-refractivity contribution in [1.29, 1.82) is 0 Å². The van der Waals surface area contributed by atoms with Crippen LogP contribution in [0.5, 0.6) is 0 Å². The highest BCUT2D eigenvalue weighted by molar-refractivity contribution is 7.10. The minimum absolute atomic E-state index is 0.0123. The van der Waals surface area contributed by atoms with Gasteiger partial charge in [0.25, 0.3) is 11.8 Å². The number of methoxy groups -OCH3 is 1. The van der Waals surface area contributed by atoms with E-state index in [0.717, 1.165) is 19.5 Å². The van der Waals surface area contributed by atoms with E-state index in [0.29, 0.717) is 69.9 Å². The number of aliphatic imine (C=N–C) groups is 1. The number of nitrogens with zero attached hydrogens (tertiary/aromatic N) is 6. The first-order valence-corrected chi connectivity index (χ1v) is 24.4. The summed E-state index contributed by atoms with van der Waals surface area (Å²) < 4.78 is 62.7. The lowest BCUT2D eigenvalue weighted by Crippen LogP contribution is -2.60. The second-order valence-corrected chi connectivity index (χ2v) is 20.3. The van der Waals surface area contributed by atoms with E-state index in [2.05, 4.69) is 39.1 Å². The molecule has 3 fully saturated rings. The van der Waals surface area contributed by atoms with Crippen LogP contribution in [0, 0.1) is 17.3 Å². The van der Waals surface area contributed by atoms with Crippen LogP contribution < -0.4 is 10.7 Å². The number of allylic oxidation sites excluding steroid dienone is 2. The summed E-state index contributed by atoms with van der Waals surface area (Å²) in [6.45, 7) is 16.9. The van der Waals surface area contributed by atoms with Crippen molar-refractivity contribution in [1.82, 2.24) is 35.1 Å². The molecule has 3 atom stereocenters. The molecule has 6 bridgehead atoms. The summed E-state index contributed by atoms with van der Waals surface area (Å²) in [7, 11) is 1.50. The van der Waals surface area contributed by atoms with E-state index in [1.165, 1.54) is 34.1 Å². The van der Waals surface area contributed by atoms with Crippen molar-refractivity contribution in [2.24, 2.45) is 10.4 Å². The van der Waals surface area contributed by atoms with Crippen LogP contribution in [0.25, 0.3) is 27.7 Å². The second kappa shape index (κ2) is 21.3. The van der Waals surface area contributed by atoms with Crippen molar-refractivity contribution in [2.45, 2.75) is 123 Å². The molecular weight excluding hydrogens is 914 g/mol. The highest BCUT2D eigenvalue weighted by atomic mass is 32.1. The Balaban J connectivity index is 1.17. The molecule has 7 rings (SSSR count). The summed E-state index contributed by atoms with van der Waals surface area (Å²) in [5.41, 5.74) is 4.93. The second-order valence-electron chi connectivity index (χ2n) is 19.3. The number of benzene rings is 1. The third kappa shape index (κ3) is 12.1. The van der Waals surface area contributed by atoms with E-state index in [4.69, 9.17) is 19.2 Å². The average molecular weight is 977 g/mol. The fraction of sp³-hybridized carbons (Fsp3) is 0.560. The maximum Gasteiger partial charge on any atom is 0.406 e. The van der Waals surface area contributed by atoms with Gasteiger partial charge in [-0.3, -0.25) is 34.1 Å². The molecule has 0 spiro atoms. The quantitative estimate of drug-likeness (QED) is 0.0940. The molecule has 19 heteroatoms. The van der Waals surface area contributed by atoms with E-state index in [-0.39, 0.29) is 62.3 Å². The first-order chi connectivity index (χ1) is 32.7. The Bertz CT molecular complexity index is 2560. The molecule has 69 heavy (non-hydrogen) atoms. The zero-order valence-electron chi connectivity index (χ0n) is 40.5. The van der Waals surface area contributed by atoms with Gasteiger partial charge in [0, 0.05) is 91.7 Å². The molecule has 4 aliphatic heterocycles. The molecule has 1 aromatic carbocycles. The summed E-state index contributed by atoms with van der Waals surface area (Å²) in [4.78, 5) is 67.6. The van der Waals surface area contributed by atoms with Crippen molar-refractivity contribution >= 4 is 57.7 Å². The maximum absolute atomic E-state index is 14.6. The number of carbonyl (C=O) groups is 4. The lowest BCUT2D eigenvalue weighted by Gasteiger charge is -2.41. The number of hydrogen-bond donors (Lipinski definition) is 2. The van der Waals surface area contributed by atoms with Crippen molar-refractivity contribution in [3.63, 3.8) is 0 Å². The Morgan fingerprint density at radius 3 is 2.59 bits per heavy atom. The summed E-state index contributed by atoms with van der Waals surface area (Å²) in [6, 6.07) is 3.22. The van der Waals surface area contributed by atoms with Gasteiger partial charge in [0.05, 0.1) is 53.1 Å². The molecule has 372 valence electrons. The van der Waals surface area contributed by atoms with Crippen LogP contribution >= 0.6 is 11.3 Å². The Labute approximate surface area is 405 Å². The summed E-state index contributed by atoms with van der Waals surface area (Å²) >= 11 is 1.28. The Hall–Kier alpha value is -5.39. The molecule has 4 aliphatic rings. The number of fused-ring (bicyclic) bond motifs is 6. The van der Waals surface area contributed by atoms with Crippen LogP contribution in [0.3, 0.4) is 0 Å². The normalized spacial score (nSPS) is 21.4. The number of nitrogens with one attached hydrogen (secondary N) is 2. The van der Waals surface area contributed by atoms with Crippen molar-refractivity contribution in [3.8, 4) is 23.1 Å². The van der Waals surface area contributed by atoms with Crippen LogP contribution in [-0.2, 0) is 52.8 Å². The molecule has 2 N–H and O–H groups in total. The molecular formula is C50H63F3N8O7S. The molecule has 0 radical (unpaired) electrons. The summed E-state index contributed by atoms with van der Waals surface area (Å²) in [6.07, 6.45) is -0.289. The number of thiazole rings is 1. The monoisotopic (exact) mass is 976 g/mol. The number of ether oxygens (including phenoxy) is 3. The highest BCUT2D eigenvalue weighted by Crippen LogP contribution is 2.41. The molecule has 0 unspecified atom stereocenters. The van der Waals surface area contributed by atoms with E-state index in [1.54, 1.807) is 37.1 Å². The molecule has 15 nitrogen and oxygen atoms in total. The van der Waals surface area contributed by atoms with Crippen LogP contribution in [-0.4, -0.2) is 143 Å². The van der Waals surface area contributed by atoms with Gasteiger partial charge in [-0.15, -0.1) is 11.3 Å². The van der Waals surface area contributed by atoms with Gasteiger partial charge in [-0.25, -0.2) is 10.4 Å². The van der Waals surface area contributed by atoms with Crippen LogP contribution in [0.4, 0.5) is 13.2 Å². The van der Waals surface area contributed by atoms with Gasteiger partial charge < -0.3 is 29.0 Å². The zero-order chi connectivity index (χ0) is 49.8. The molecule has 3 saturated heterocycles. The Kier molecular flexibility index (Phi) is 15.9. The minimum atomic E-state index is -4.61. The van der Waals surface area contributed by atoms with E-state index < -0.39 is 54.1 Å². The fourth-order valence-corrected chi connectivity index (χ4v) is 9.88. The molecule has 0 aliphatic carbocycles. The molecule has 6 heterocycles. The van der Waals surface area contributed by atoms with E-state index >= 15 is 0 Å². The number of hydrazine groups is 1. The van der Waals surface area contributed by atoms with Crippen LogP contribution in [0.15, 0.2) is 46.9 Å². The first-order valence-electron chi connectivity index (χ1n) is 23.5. The first kappa shape index (κ1) is 51.5. The number of cyclic esters (lactones) is 1. The molecule has 3 aromatic rings. The molecule has 0 saturated carbocycles. The lowest BCUT2D eigenvalue weighted by molar-refractivity contribution is -0.155. The number of alkyl halides is 3. The Morgan fingerprint density at radius 1 is 1.17 bits per heavy atom. The largest absolute Gasteiger partial charge is 0.464 e. The van der Waals surface area contributed by atoms with Crippen LogP contribution in [0.2, 0.25) is 0 Å². The standard InChI is InChI=1S/C50H63F3N8O7S/c1-9-34(44(54-10-2)31(3)66-8)45-36-25-48(4,5)30-68-47(65)37-13-11-21-61(57-37)46(64)38(24-42-56-39(28-69-42)32-14-15-40(35(36)23-32)60(45)29-50(51,52)53)55-41(62)17-22-67-33-26-58(27-33)43(63)16-18-49(6,7)59-19-12-20-59/h9-10,14-15,23,28,31,33,37-38,57H,1,11-13,17,19-22,24-27,29-30H2,2-8H3,(H,55,62)/b44-34+,54-10?/t31-,37-,38-/m0/s1. The highest BCUT2D eigenvalue weighted by Gasteiger charge is 2.38. The number of carbonyl (C=O) groups excluding carboxylic acids is 4. The predicted octanol–water partition coefficient (Wildman–Crippen LogP) is 6.10. The number of rotatable bonds is 12. The number of esters is 1. The average Bonchev–Trinajstić information content (AvgIpc) is 3.84. The molecule has 2 aromatic heterocycles. The number of amides is 3. The van der Waals surface area contributed by atoms with E-state index in [9.17, 15) is 32.3 Å². The van der Waals surface area contributed by atoms with Crippen LogP contribution in [0.1, 0.15) is 83.5 Å². The van der Waals surface area contributed by atoms with Crippen molar-refractivity contribution < 1.29 is 46.6 Å². The third-order valence-corrected chi connectivity index (χ3v) is 13.9. The minimum Gasteiger partial charge on any atom is -0.464 e. The SMILES string of the molecule is C=C/C(=C(\N=CC)[C@H](C)OC)c1c2c3cc(ccc3n1CC(F)(F)F)-c1csc(n1)C[C@H](NC(=O)CCOC1CN(C(=O)C#CC(C)(C)N3CCC3)C1)C(=O)N1CCC[C@H](N1)C(=O)OCC(C)(C)C2. The summed E-state index contributed by atoms with van der Waals surface area (Å²) in [5, 5.41) is 7.10. The van der Waals surface area contributed by atoms with Gasteiger partial charge in [0.15, 0.2) is 0 Å². The van der Waals surface area contributed by atoms with Crippen molar-refractivity contribution in [2.75, 3.05) is 53.0 Å².